The summed E-state index contributed by atoms with van der Waals surface area (Å²) in [5.41, 5.74) is 2.55. The second kappa shape index (κ2) is 7.58. The first-order valence-electron chi connectivity index (χ1n) is 8.49. The van der Waals surface area contributed by atoms with E-state index in [0.717, 1.165) is 36.6 Å². The summed E-state index contributed by atoms with van der Waals surface area (Å²) >= 11 is 1.92. The molecule has 2 N–H and O–H groups in total. The third kappa shape index (κ3) is 4.64. The van der Waals surface area contributed by atoms with Crippen molar-refractivity contribution in [2.45, 2.75) is 51.3 Å². The summed E-state index contributed by atoms with van der Waals surface area (Å²) in [4.78, 5) is 12.2. The van der Waals surface area contributed by atoms with E-state index in [0.29, 0.717) is 12.5 Å². The van der Waals surface area contributed by atoms with E-state index in [1.807, 2.05) is 11.8 Å². The van der Waals surface area contributed by atoms with Gasteiger partial charge in [-0.25, -0.2) is 0 Å². The van der Waals surface area contributed by atoms with E-state index in [-0.39, 0.29) is 18.1 Å². The average Bonchev–Trinajstić information content (AvgIpc) is 2.87. The van der Waals surface area contributed by atoms with E-state index in [1.54, 1.807) is 0 Å². The Morgan fingerprint density at radius 1 is 1.52 bits per heavy atom. The lowest BCUT2D eigenvalue weighted by atomic mass is 10.0. The Kier molecular flexibility index (Phi) is 5.49. The van der Waals surface area contributed by atoms with E-state index < -0.39 is 0 Å². The normalized spacial score (nSPS) is 24.6. The molecule has 1 amide bonds. The molecule has 2 unspecified atom stereocenters. The maximum absolute atomic E-state index is 12.2. The highest BCUT2D eigenvalue weighted by Gasteiger charge is 2.20. The number of fused-ring (bicyclic) bond motifs is 1. The molecule has 23 heavy (non-hydrogen) atoms. The highest BCUT2D eigenvalue weighted by Crippen LogP contribution is 2.29. The number of carbonyl (C=O) groups excluding carboxylic acids is 1. The monoisotopic (exact) mass is 334 g/mol. The number of carbonyl (C=O) groups is 1. The quantitative estimate of drug-likeness (QED) is 0.866. The summed E-state index contributed by atoms with van der Waals surface area (Å²) in [7, 11) is 0. The minimum absolute atomic E-state index is 0.149. The van der Waals surface area contributed by atoms with Gasteiger partial charge in [0.25, 0.3) is 0 Å². The molecule has 126 valence electrons. The second-order valence-corrected chi connectivity index (χ2v) is 7.83. The first-order chi connectivity index (χ1) is 11.1. The maximum Gasteiger partial charge on any atom is 0.221 e. The van der Waals surface area contributed by atoms with Gasteiger partial charge in [-0.2, -0.15) is 11.8 Å². The minimum atomic E-state index is 0.149. The first kappa shape index (κ1) is 16.7. The predicted octanol–water partition coefficient (Wildman–Crippen LogP) is 2.15. The molecule has 1 aromatic carbocycles. The van der Waals surface area contributed by atoms with Crippen LogP contribution in [-0.4, -0.2) is 42.1 Å². The van der Waals surface area contributed by atoms with Gasteiger partial charge in [0.15, 0.2) is 0 Å². The zero-order valence-corrected chi connectivity index (χ0v) is 14.7. The summed E-state index contributed by atoms with van der Waals surface area (Å²) in [5.74, 6) is 3.34. The van der Waals surface area contributed by atoms with Crippen LogP contribution < -0.4 is 15.4 Å². The molecule has 2 aliphatic rings. The van der Waals surface area contributed by atoms with Gasteiger partial charge in [0.05, 0.1) is 0 Å². The maximum atomic E-state index is 12.2. The van der Waals surface area contributed by atoms with Crippen LogP contribution >= 0.6 is 11.8 Å². The number of amides is 1. The van der Waals surface area contributed by atoms with E-state index in [1.165, 1.54) is 11.1 Å². The topological polar surface area (TPSA) is 50.4 Å². The van der Waals surface area contributed by atoms with Crippen molar-refractivity contribution >= 4 is 17.7 Å². The van der Waals surface area contributed by atoms with E-state index in [9.17, 15) is 4.79 Å². The van der Waals surface area contributed by atoms with Crippen molar-refractivity contribution in [2.75, 3.05) is 18.1 Å². The van der Waals surface area contributed by atoms with Gasteiger partial charge in [-0.1, -0.05) is 12.1 Å². The van der Waals surface area contributed by atoms with Crippen LogP contribution in [-0.2, 0) is 17.6 Å². The van der Waals surface area contributed by atoms with Crippen LogP contribution in [0.15, 0.2) is 18.2 Å². The SMILES string of the molecule is CC1Cc2cc(C[C@@H](C)NC(=O)CC3CSCCN3)ccc2O1. The highest BCUT2D eigenvalue weighted by molar-refractivity contribution is 7.99. The Labute approximate surface area is 142 Å². The number of thioether (sulfide) groups is 1. The Balaban J connectivity index is 1.48. The molecule has 4 nitrogen and oxygen atoms in total. The third-order valence-corrected chi connectivity index (χ3v) is 5.47. The molecule has 1 fully saturated rings. The van der Waals surface area contributed by atoms with Gasteiger partial charge in [0.2, 0.25) is 5.91 Å². The van der Waals surface area contributed by atoms with Gasteiger partial charge in [-0.3, -0.25) is 4.79 Å². The zero-order valence-electron chi connectivity index (χ0n) is 13.9. The minimum Gasteiger partial charge on any atom is -0.490 e. The molecular formula is C18H26N2O2S. The predicted molar refractivity (Wildman–Crippen MR) is 95.3 cm³/mol. The molecule has 2 heterocycles. The molecule has 1 saturated heterocycles. The summed E-state index contributed by atoms with van der Waals surface area (Å²) in [5, 5.41) is 6.54. The van der Waals surface area contributed by atoms with Crippen LogP contribution in [0.2, 0.25) is 0 Å². The lowest BCUT2D eigenvalue weighted by Crippen LogP contribution is -2.43. The lowest BCUT2D eigenvalue weighted by molar-refractivity contribution is -0.122. The van der Waals surface area contributed by atoms with Gasteiger partial charge < -0.3 is 15.4 Å². The van der Waals surface area contributed by atoms with E-state index in [2.05, 4.69) is 42.7 Å². The Morgan fingerprint density at radius 2 is 2.39 bits per heavy atom. The zero-order chi connectivity index (χ0) is 16.2. The largest absolute Gasteiger partial charge is 0.490 e. The van der Waals surface area contributed by atoms with Crippen molar-refractivity contribution in [3.63, 3.8) is 0 Å². The van der Waals surface area contributed by atoms with Gasteiger partial charge >= 0.3 is 0 Å². The summed E-state index contributed by atoms with van der Waals surface area (Å²) in [6, 6.07) is 6.86. The molecule has 0 radical (unpaired) electrons. The van der Waals surface area contributed by atoms with E-state index in [4.69, 9.17) is 4.74 Å². The number of hydrogen-bond donors (Lipinski definition) is 2. The molecule has 0 aromatic heterocycles. The van der Waals surface area contributed by atoms with Crippen LogP contribution in [0.3, 0.4) is 0 Å². The number of benzene rings is 1. The molecule has 0 bridgehead atoms. The Bertz CT molecular complexity index is 558. The first-order valence-corrected chi connectivity index (χ1v) is 9.64. The van der Waals surface area contributed by atoms with Crippen LogP contribution in [0.1, 0.15) is 31.4 Å². The second-order valence-electron chi connectivity index (χ2n) is 6.68. The third-order valence-electron chi connectivity index (χ3n) is 4.34. The number of hydrogen-bond acceptors (Lipinski definition) is 4. The fourth-order valence-corrected chi connectivity index (χ4v) is 4.26. The fraction of sp³-hybridized carbons (Fsp3) is 0.611. The van der Waals surface area contributed by atoms with Crippen molar-refractivity contribution in [2.24, 2.45) is 0 Å². The summed E-state index contributed by atoms with van der Waals surface area (Å²) in [6.45, 7) is 5.18. The van der Waals surface area contributed by atoms with Crippen molar-refractivity contribution in [1.82, 2.24) is 10.6 Å². The van der Waals surface area contributed by atoms with Gasteiger partial charge in [0.1, 0.15) is 11.9 Å². The molecule has 0 saturated carbocycles. The molecule has 0 aliphatic carbocycles. The standard InChI is InChI=1S/C18H26N2O2S/c1-12(20-18(21)10-16-11-23-6-5-19-16)7-14-3-4-17-15(9-14)8-13(2)22-17/h3-4,9,12-13,16,19H,5-8,10-11H2,1-2H3,(H,20,21)/t12-,13?,16?/m1/s1. The van der Waals surface area contributed by atoms with E-state index >= 15 is 0 Å². The molecule has 2 aliphatic heterocycles. The smallest absolute Gasteiger partial charge is 0.221 e. The number of rotatable bonds is 5. The van der Waals surface area contributed by atoms with Crippen molar-refractivity contribution in [3.05, 3.63) is 29.3 Å². The fourth-order valence-electron chi connectivity index (χ4n) is 3.32. The molecule has 0 spiro atoms. The molecule has 3 rings (SSSR count). The average molecular weight is 334 g/mol. The van der Waals surface area contributed by atoms with Crippen molar-refractivity contribution in [1.29, 1.82) is 0 Å². The van der Waals surface area contributed by atoms with Crippen LogP contribution in [0, 0.1) is 0 Å². The molecule has 5 heteroatoms. The van der Waals surface area contributed by atoms with Crippen LogP contribution in [0.4, 0.5) is 0 Å². The number of ether oxygens (including phenoxy) is 1. The molecule has 3 atom stereocenters. The van der Waals surface area contributed by atoms with Gasteiger partial charge in [-0.15, -0.1) is 0 Å². The van der Waals surface area contributed by atoms with Gasteiger partial charge in [0, 0.05) is 43.0 Å². The van der Waals surface area contributed by atoms with Gasteiger partial charge in [-0.05, 0) is 37.5 Å². The Morgan fingerprint density at radius 3 is 3.17 bits per heavy atom. The molecular weight excluding hydrogens is 308 g/mol. The summed E-state index contributed by atoms with van der Waals surface area (Å²) in [6.07, 6.45) is 2.69. The van der Waals surface area contributed by atoms with Crippen molar-refractivity contribution < 1.29 is 9.53 Å². The lowest BCUT2D eigenvalue weighted by Gasteiger charge is -2.23. The number of nitrogens with one attached hydrogen (secondary N) is 2. The Hall–Kier alpha value is -1.20. The van der Waals surface area contributed by atoms with Crippen molar-refractivity contribution in [3.8, 4) is 5.75 Å². The van der Waals surface area contributed by atoms with Crippen LogP contribution in [0.5, 0.6) is 5.75 Å². The van der Waals surface area contributed by atoms with Crippen LogP contribution in [0.25, 0.3) is 0 Å². The summed E-state index contributed by atoms with van der Waals surface area (Å²) < 4.78 is 5.74. The highest BCUT2D eigenvalue weighted by atomic mass is 32.2. The molecule has 1 aromatic rings.